The number of rotatable bonds is 3. The average molecular weight is 797 g/mol. The molecule has 2 aliphatic rings. The van der Waals surface area contributed by atoms with E-state index in [1.54, 1.807) is 0 Å². The second-order valence-corrected chi connectivity index (χ2v) is 17.8. The normalized spacial score (nSPS) is 13.1. The molecule has 0 saturated heterocycles. The van der Waals surface area contributed by atoms with Crippen molar-refractivity contribution in [3.05, 3.63) is 217 Å². The summed E-state index contributed by atoms with van der Waals surface area (Å²) in [5, 5.41) is 0. The van der Waals surface area contributed by atoms with Crippen LogP contribution in [0.25, 0.3) is 94.9 Å². The maximum Gasteiger partial charge on any atom is 0.145 e. The van der Waals surface area contributed by atoms with Crippen molar-refractivity contribution in [3.63, 3.8) is 0 Å². The van der Waals surface area contributed by atoms with Crippen molar-refractivity contribution >= 4 is 22.8 Å². The number of hydrogen-bond acceptors (Lipinski definition) is 2. The molecule has 10 aromatic rings. The van der Waals surface area contributed by atoms with Gasteiger partial charge in [0, 0.05) is 26.5 Å². The van der Waals surface area contributed by atoms with Crippen LogP contribution in [0.3, 0.4) is 0 Å². The molecule has 0 unspecified atom stereocenters. The first kappa shape index (κ1) is 35.7. The molecule has 0 atom stereocenters. The van der Waals surface area contributed by atoms with Gasteiger partial charge in [0.25, 0.3) is 0 Å². The molecule has 61 heavy (non-hydrogen) atoms. The van der Waals surface area contributed by atoms with Gasteiger partial charge in [-0.25, -0.2) is 4.98 Å². The van der Waals surface area contributed by atoms with Gasteiger partial charge in [-0.3, -0.25) is 4.57 Å². The first-order valence-electron chi connectivity index (χ1n) is 21.0. The Kier molecular flexibility index (Phi) is 8.16. The van der Waals surface area contributed by atoms with Crippen LogP contribution in [0.15, 0.2) is 216 Å². The molecule has 2 heterocycles. The highest BCUT2D eigenvalue weighted by Crippen LogP contribution is 2.55. The molecule has 0 saturated carbocycles. The van der Waals surface area contributed by atoms with E-state index in [4.69, 9.17) is 4.98 Å². The molecule has 3 heteroatoms. The minimum absolute atomic E-state index is 0.131. The first-order chi connectivity index (χ1) is 30.0. The van der Waals surface area contributed by atoms with E-state index < -0.39 is 0 Å². The SMILES string of the molecule is CC1(C)c2ccccc2-c2cc3c(cc21)Sc1ccccc1-c1ccccc1-c1ccccc1-c1ccc(-c2ccc4c(c2)nc(-c2ccccc2)n4-c2ccccc2)cc1-3. The van der Waals surface area contributed by atoms with E-state index in [9.17, 15) is 0 Å². The Morgan fingerprint density at radius 1 is 0.377 bits per heavy atom. The molecule has 0 amide bonds. The number of fused-ring (bicyclic) bond motifs is 13. The van der Waals surface area contributed by atoms with E-state index in [-0.39, 0.29) is 5.41 Å². The Hall–Kier alpha value is -7.20. The highest BCUT2D eigenvalue weighted by atomic mass is 32.2. The smallest absolute Gasteiger partial charge is 0.145 e. The van der Waals surface area contributed by atoms with Gasteiger partial charge in [-0.05, 0) is 126 Å². The molecule has 288 valence electrons. The summed E-state index contributed by atoms with van der Waals surface area (Å²) in [6, 6.07) is 75.8. The monoisotopic (exact) mass is 796 g/mol. The van der Waals surface area contributed by atoms with Crippen LogP contribution in [0.4, 0.5) is 0 Å². The summed E-state index contributed by atoms with van der Waals surface area (Å²) in [6.45, 7) is 4.76. The fourth-order valence-electron chi connectivity index (χ4n) is 9.89. The Labute approximate surface area is 360 Å². The lowest BCUT2D eigenvalue weighted by atomic mass is 9.81. The van der Waals surface area contributed by atoms with Gasteiger partial charge in [0.2, 0.25) is 0 Å². The Morgan fingerprint density at radius 3 is 1.66 bits per heavy atom. The predicted molar refractivity (Wildman–Crippen MR) is 255 cm³/mol. The summed E-state index contributed by atoms with van der Waals surface area (Å²) < 4.78 is 2.28. The van der Waals surface area contributed by atoms with Crippen molar-refractivity contribution < 1.29 is 0 Å². The largest absolute Gasteiger partial charge is 0.292 e. The summed E-state index contributed by atoms with van der Waals surface area (Å²) >= 11 is 1.89. The highest BCUT2D eigenvalue weighted by molar-refractivity contribution is 7.99. The van der Waals surface area contributed by atoms with Gasteiger partial charge in [0.1, 0.15) is 5.82 Å². The quantitative estimate of drug-likeness (QED) is 0.177. The van der Waals surface area contributed by atoms with Crippen molar-refractivity contribution in [2.45, 2.75) is 29.1 Å². The van der Waals surface area contributed by atoms with Gasteiger partial charge >= 0.3 is 0 Å². The minimum Gasteiger partial charge on any atom is -0.292 e. The fourth-order valence-corrected chi connectivity index (χ4v) is 11.0. The van der Waals surface area contributed by atoms with Gasteiger partial charge in [0.05, 0.1) is 11.0 Å². The number of nitrogens with zero attached hydrogens (tertiary/aromatic N) is 2. The van der Waals surface area contributed by atoms with Crippen molar-refractivity contribution in [1.29, 1.82) is 0 Å². The number of para-hydroxylation sites is 1. The van der Waals surface area contributed by atoms with Gasteiger partial charge < -0.3 is 0 Å². The molecule has 1 aliphatic carbocycles. The van der Waals surface area contributed by atoms with Crippen LogP contribution in [-0.2, 0) is 5.41 Å². The number of imidazole rings is 1. The molecular formula is C58H40N2S. The van der Waals surface area contributed by atoms with Gasteiger partial charge in [-0.15, -0.1) is 0 Å². The molecule has 12 rings (SSSR count). The average Bonchev–Trinajstić information content (AvgIpc) is 3.80. The second-order valence-electron chi connectivity index (χ2n) is 16.7. The summed E-state index contributed by atoms with van der Waals surface area (Å²) in [7, 11) is 0. The zero-order chi connectivity index (χ0) is 40.7. The minimum atomic E-state index is -0.131. The Bertz CT molecular complexity index is 3360. The lowest BCUT2D eigenvalue weighted by Crippen LogP contribution is -2.15. The van der Waals surface area contributed by atoms with Crippen LogP contribution in [0.2, 0.25) is 0 Å². The van der Waals surface area contributed by atoms with E-state index in [1.807, 2.05) is 11.8 Å². The van der Waals surface area contributed by atoms with Crippen molar-refractivity contribution in [2.75, 3.05) is 0 Å². The summed E-state index contributed by atoms with van der Waals surface area (Å²) in [5.41, 5.74) is 21.6. The molecule has 1 aliphatic heterocycles. The molecule has 0 radical (unpaired) electrons. The third-order valence-corrected chi connectivity index (χ3v) is 14.0. The third kappa shape index (κ3) is 5.69. The molecule has 0 bridgehead atoms. The highest BCUT2D eigenvalue weighted by Gasteiger charge is 2.37. The molecule has 1 aromatic heterocycles. The maximum atomic E-state index is 5.34. The zero-order valence-electron chi connectivity index (χ0n) is 33.9. The molecular weight excluding hydrogens is 757 g/mol. The Balaban J connectivity index is 1.13. The molecule has 0 N–H and O–H groups in total. The topological polar surface area (TPSA) is 17.8 Å². The van der Waals surface area contributed by atoms with Crippen LogP contribution in [-0.4, -0.2) is 9.55 Å². The lowest BCUT2D eigenvalue weighted by molar-refractivity contribution is 0.659. The molecule has 2 nitrogen and oxygen atoms in total. The molecule has 9 aromatic carbocycles. The zero-order valence-corrected chi connectivity index (χ0v) is 34.7. The fraction of sp³-hybridized carbons (Fsp3) is 0.0517. The van der Waals surface area contributed by atoms with Gasteiger partial charge in [0.15, 0.2) is 0 Å². The van der Waals surface area contributed by atoms with Crippen LogP contribution in [0, 0.1) is 0 Å². The number of aromatic nitrogens is 2. The number of hydrogen-bond donors (Lipinski definition) is 0. The predicted octanol–water partition coefficient (Wildman–Crippen LogP) is 15.8. The van der Waals surface area contributed by atoms with E-state index in [1.165, 1.54) is 76.6 Å². The Morgan fingerprint density at radius 2 is 0.934 bits per heavy atom. The van der Waals surface area contributed by atoms with Crippen LogP contribution in [0.5, 0.6) is 0 Å². The summed E-state index contributed by atoms with van der Waals surface area (Å²) in [5.74, 6) is 0.931. The lowest BCUT2D eigenvalue weighted by Gasteiger charge is -2.24. The van der Waals surface area contributed by atoms with Crippen molar-refractivity contribution in [1.82, 2.24) is 9.55 Å². The summed E-state index contributed by atoms with van der Waals surface area (Å²) in [4.78, 5) is 7.84. The molecule has 0 spiro atoms. The maximum absolute atomic E-state index is 5.34. The third-order valence-electron chi connectivity index (χ3n) is 12.9. The van der Waals surface area contributed by atoms with Gasteiger partial charge in [-0.2, -0.15) is 0 Å². The standard InChI is InChI=1S/C58H40N2S/c1-58(2)51-27-15-13-25-46(51)49-35-50-48-33-38(39-30-32-54-53(34-39)59-57(37-17-5-3-6-18-37)60(54)40-19-7-4-8-20-40)29-31-45(48)43-23-10-9-21-41(43)42-22-11-12-24-44(42)47-26-14-16-28-55(47)61-56(50)36-52(49)58/h3-36H,1-2H3. The number of benzene rings is 9. The van der Waals surface area contributed by atoms with E-state index in [2.05, 4.69) is 225 Å². The van der Waals surface area contributed by atoms with Crippen LogP contribution >= 0.6 is 11.8 Å². The first-order valence-corrected chi connectivity index (χ1v) is 21.9. The summed E-state index contributed by atoms with van der Waals surface area (Å²) in [6.07, 6.45) is 0. The van der Waals surface area contributed by atoms with Crippen LogP contribution < -0.4 is 0 Å². The van der Waals surface area contributed by atoms with Crippen molar-refractivity contribution in [3.8, 4) is 83.8 Å². The van der Waals surface area contributed by atoms with Crippen molar-refractivity contribution in [2.24, 2.45) is 0 Å². The molecule has 0 fully saturated rings. The second kappa shape index (κ2) is 13.9. The van der Waals surface area contributed by atoms with Crippen LogP contribution in [0.1, 0.15) is 25.0 Å². The van der Waals surface area contributed by atoms with E-state index in [0.29, 0.717) is 0 Å². The van der Waals surface area contributed by atoms with E-state index >= 15 is 0 Å². The van der Waals surface area contributed by atoms with E-state index in [0.717, 1.165) is 39.2 Å². The van der Waals surface area contributed by atoms with Gasteiger partial charge in [-0.1, -0.05) is 183 Å².